The van der Waals surface area contributed by atoms with E-state index in [1.165, 1.54) is 22.8 Å². The molecule has 2 aliphatic heterocycles. The van der Waals surface area contributed by atoms with Crippen LogP contribution in [0.3, 0.4) is 0 Å². The molecule has 0 bridgehead atoms. The van der Waals surface area contributed by atoms with Crippen molar-refractivity contribution in [3.05, 3.63) is 92.1 Å². The summed E-state index contributed by atoms with van der Waals surface area (Å²) < 4.78 is 57.9. The van der Waals surface area contributed by atoms with E-state index in [0.717, 1.165) is 49.3 Å². The van der Waals surface area contributed by atoms with Crippen molar-refractivity contribution >= 4 is 85.1 Å². The number of ether oxygens (including phenoxy) is 1. The summed E-state index contributed by atoms with van der Waals surface area (Å²) in [5, 5.41) is 27.5. The summed E-state index contributed by atoms with van der Waals surface area (Å²) >= 11 is 3.55. The minimum absolute atomic E-state index is 0.153. The van der Waals surface area contributed by atoms with Gasteiger partial charge in [-0.3, -0.25) is 9.36 Å². The summed E-state index contributed by atoms with van der Waals surface area (Å²) in [6.45, 7) is 13.3. The van der Waals surface area contributed by atoms with Gasteiger partial charge in [-0.1, -0.05) is 19.9 Å². The number of hydrogen-bond acceptors (Lipinski definition) is 14. The molecule has 3 aromatic carbocycles. The van der Waals surface area contributed by atoms with Gasteiger partial charge >= 0.3 is 5.76 Å². The Morgan fingerprint density at radius 2 is 1.75 bits per heavy atom. The number of carbonyl (C=O) groups excluding carboxylic acids is 1. The molecule has 2 aliphatic rings. The Labute approximate surface area is 401 Å². The molecule has 2 unspecified atom stereocenters. The van der Waals surface area contributed by atoms with Crippen molar-refractivity contribution in [1.82, 2.24) is 35.5 Å². The van der Waals surface area contributed by atoms with E-state index in [4.69, 9.17) is 14.1 Å². The Kier molecular flexibility index (Phi) is 15.2. The van der Waals surface area contributed by atoms with Gasteiger partial charge in [0.05, 0.1) is 34.0 Å². The van der Waals surface area contributed by atoms with Crippen LogP contribution in [0.2, 0.25) is 0 Å². The van der Waals surface area contributed by atoms with Crippen molar-refractivity contribution in [3.8, 4) is 5.75 Å². The van der Waals surface area contributed by atoms with E-state index in [1.54, 1.807) is 25.6 Å². The fourth-order valence-corrected chi connectivity index (χ4v) is 11.0. The molecule has 2 atom stereocenters. The molecule has 20 heteroatoms. The maximum atomic E-state index is 15.6. The Hall–Kier alpha value is -5.46. The Morgan fingerprint density at radius 3 is 2.47 bits per heavy atom. The Balaban J connectivity index is 0.877. The van der Waals surface area contributed by atoms with E-state index in [1.807, 2.05) is 19.9 Å². The molecule has 6 N–H and O–H groups in total. The van der Waals surface area contributed by atoms with E-state index in [0.29, 0.717) is 88.7 Å². The Morgan fingerprint density at radius 1 is 0.956 bits per heavy atom. The molecule has 0 aliphatic carbocycles. The first-order valence-corrected chi connectivity index (χ1v) is 26.6. The van der Waals surface area contributed by atoms with Crippen molar-refractivity contribution in [2.45, 2.75) is 84.0 Å². The van der Waals surface area contributed by atoms with Crippen LogP contribution in [-0.4, -0.2) is 95.5 Å². The normalized spacial score (nSPS) is 17.0. The van der Waals surface area contributed by atoms with Gasteiger partial charge in [0.15, 0.2) is 11.4 Å². The van der Waals surface area contributed by atoms with E-state index < -0.39 is 36.8 Å². The van der Waals surface area contributed by atoms with Crippen LogP contribution in [0, 0.1) is 11.6 Å². The van der Waals surface area contributed by atoms with Gasteiger partial charge in [-0.15, -0.1) is 0 Å². The van der Waals surface area contributed by atoms with Crippen molar-refractivity contribution in [2.75, 3.05) is 68.2 Å². The van der Waals surface area contributed by atoms with Crippen LogP contribution in [0.15, 0.2) is 62.3 Å². The van der Waals surface area contributed by atoms with Crippen molar-refractivity contribution in [3.63, 3.8) is 0 Å². The second-order valence-electron chi connectivity index (χ2n) is 17.5. The summed E-state index contributed by atoms with van der Waals surface area (Å²) in [6, 6.07) is 11.5. The number of fused-ring (bicyclic) bond motifs is 2. The summed E-state index contributed by atoms with van der Waals surface area (Å²) in [6.07, 6.45) is 4.35. The smallest absolute Gasteiger partial charge is 0.420 e. The molecule has 6 aromatic rings. The maximum absolute atomic E-state index is 15.6. The molecule has 1 amide bonds. The van der Waals surface area contributed by atoms with E-state index in [-0.39, 0.29) is 41.4 Å². The Bertz CT molecular complexity index is 2940. The fraction of sp³-hybridized carbons (Fsp3) is 0.438. The standard InChI is InChI=1S/C48H58BrF2N10O6P/c1-6-27-23-35(57-47-54-26-32(49)45(59-47)56-36-24-34(51)42-31(44(36)68(4,5)65)10-9-28(7-2)55-42)40(66-8-3)25-39(27)60-21-16-29(17-22-60)53-20-19-52-18-15-30-33(50)11-12-37-43(30)67-48(64)61(37)38-13-14-41(62)58-46(38)63/h9-12,23-26,29,38,46,52-53,63H,6-8,13-22H2,1-5H3,(H,58,62)(H2,54,56,57,59). The topological polar surface area (TPSA) is 201 Å². The molecule has 3 aromatic heterocycles. The number of aromatic nitrogens is 4. The second-order valence-corrected chi connectivity index (χ2v) is 21.5. The number of aliphatic hydroxyl groups excluding tert-OH is 1. The van der Waals surface area contributed by atoms with Crippen molar-refractivity contribution in [1.29, 1.82) is 0 Å². The van der Waals surface area contributed by atoms with Crippen LogP contribution < -0.4 is 47.3 Å². The fourth-order valence-electron chi connectivity index (χ4n) is 9.23. The monoisotopic (exact) mass is 1020 g/mol. The number of amides is 1. The van der Waals surface area contributed by atoms with Crippen LogP contribution >= 0.6 is 23.1 Å². The van der Waals surface area contributed by atoms with Gasteiger partial charge in [-0.05, 0) is 111 Å². The van der Waals surface area contributed by atoms with Gasteiger partial charge < -0.3 is 50.3 Å². The first kappa shape index (κ1) is 49.0. The van der Waals surface area contributed by atoms with E-state index >= 15 is 8.78 Å². The molecule has 8 rings (SSSR count). The lowest BCUT2D eigenvalue weighted by atomic mass is 10.0. The average Bonchev–Trinajstić information content (AvgIpc) is 3.64. The molecule has 2 saturated heterocycles. The molecule has 68 heavy (non-hydrogen) atoms. The third-order valence-electron chi connectivity index (χ3n) is 12.6. The largest absolute Gasteiger partial charge is 0.492 e. The molecular weight excluding hydrogens is 961 g/mol. The zero-order valence-corrected chi connectivity index (χ0v) is 41.3. The molecule has 0 radical (unpaired) electrons. The highest BCUT2D eigenvalue weighted by atomic mass is 79.9. The number of hydrogen-bond donors (Lipinski definition) is 6. The van der Waals surface area contributed by atoms with E-state index in [9.17, 15) is 19.3 Å². The highest BCUT2D eigenvalue weighted by Gasteiger charge is 2.32. The van der Waals surface area contributed by atoms with Gasteiger partial charge in [-0.2, -0.15) is 4.98 Å². The number of benzene rings is 3. The number of aryl methyl sites for hydroxylation is 2. The third-order valence-corrected chi connectivity index (χ3v) is 14.7. The molecule has 16 nitrogen and oxygen atoms in total. The number of nitrogens with one attached hydrogen (secondary N) is 5. The number of rotatable bonds is 18. The number of aliphatic hydroxyl groups is 1. The highest BCUT2D eigenvalue weighted by Crippen LogP contribution is 2.43. The summed E-state index contributed by atoms with van der Waals surface area (Å²) in [5.41, 5.74) is 5.02. The lowest BCUT2D eigenvalue weighted by Gasteiger charge is -2.35. The van der Waals surface area contributed by atoms with Gasteiger partial charge in [0.25, 0.3) is 0 Å². The van der Waals surface area contributed by atoms with Crippen molar-refractivity contribution in [2.24, 2.45) is 0 Å². The summed E-state index contributed by atoms with van der Waals surface area (Å²) in [4.78, 5) is 40.8. The first-order chi connectivity index (χ1) is 32.7. The van der Waals surface area contributed by atoms with Crippen LogP contribution in [-0.2, 0) is 28.6 Å². The summed E-state index contributed by atoms with van der Waals surface area (Å²) in [7, 11) is -2.94. The van der Waals surface area contributed by atoms with Gasteiger partial charge in [0, 0.05) is 84.6 Å². The number of nitrogens with zero attached hydrogens (tertiary/aromatic N) is 5. The SMILES string of the molecule is CCOc1cc(N2CCC(NCCNCCc3c(F)ccc4c3oc(=O)n4C3CCC(=O)NC3O)CC2)c(CC)cc1Nc1ncc(Br)c(Nc2cc(F)c3nc(CC)ccc3c2P(C)(C)=O)n1. The third kappa shape index (κ3) is 10.6. The van der Waals surface area contributed by atoms with Gasteiger partial charge in [-0.25, -0.2) is 23.5 Å². The number of carbonyl (C=O) groups is 1. The predicted octanol–water partition coefficient (Wildman–Crippen LogP) is 7.39. The molecule has 5 heterocycles. The van der Waals surface area contributed by atoms with Crippen molar-refractivity contribution < 1.29 is 32.4 Å². The number of halogens is 3. The molecule has 0 spiro atoms. The number of pyridine rings is 1. The number of piperidine rings is 2. The second kappa shape index (κ2) is 21.0. The van der Waals surface area contributed by atoms with Crippen LogP contribution in [0.25, 0.3) is 22.0 Å². The van der Waals surface area contributed by atoms with E-state index in [2.05, 4.69) is 76.4 Å². The molecule has 362 valence electrons. The minimum Gasteiger partial charge on any atom is -0.492 e. The van der Waals surface area contributed by atoms with Crippen LogP contribution in [0.5, 0.6) is 5.75 Å². The number of oxazole rings is 1. The highest BCUT2D eigenvalue weighted by molar-refractivity contribution is 9.10. The molecular formula is C48H58BrF2N10O6P. The quantitative estimate of drug-likeness (QED) is 0.0368. The lowest BCUT2D eigenvalue weighted by Crippen LogP contribution is -2.47. The predicted molar refractivity (Wildman–Crippen MR) is 266 cm³/mol. The zero-order valence-electron chi connectivity index (χ0n) is 38.8. The average molecular weight is 1020 g/mol. The molecule has 2 fully saturated rings. The van der Waals surface area contributed by atoms with Crippen LogP contribution in [0.4, 0.5) is 37.6 Å². The summed E-state index contributed by atoms with van der Waals surface area (Å²) in [5.74, 6) is -0.711. The lowest BCUT2D eigenvalue weighted by molar-refractivity contribution is -0.128. The van der Waals surface area contributed by atoms with Gasteiger partial charge in [0.1, 0.15) is 36.3 Å². The maximum Gasteiger partial charge on any atom is 0.420 e. The minimum atomic E-state index is -2.94. The number of anilines is 5. The van der Waals surface area contributed by atoms with Gasteiger partial charge in [0.2, 0.25) is 11.9 Å². The van der Waals surface area contributed by atoms with Crippen LogP contribution in [0.1, 0.15) is 69.3 Å². The first-order valence-electron chi connectivity index (χ1n) is 23.2. The zero-order chi connectivity index (χ0) is 48.3. The molecule has 0 saturated carbocycles.